The maximum atomic E-state index is 11.6. The first-order chi connectivity index (χ1) is 10.1. The molecule has 0 spiro atoms. The van der Waals surface area contributed by atoms with Crippen molar-refractivity contribution in [2.24, 2.45) is 0 Å². The van der Waals surface area contributed by atoms with Crippen molar-refractivity contribution in [3.8, 4) is 0 Å². The summed E-state index contributed by atoms with van der Waals surface area (Å²) in [6, 6.07) is 10.0. The molecule has 2 rings (SSSR count). The maximum absolute atomic E-state index is 11.6. The number of nitro benzene ring substituents is 1. The third-order valence-corrected chi connectivity index (χ3v) is 3.65. The topological polar surface area (TPSA) is 84.3 Å². The van der Waals surface area contributed by atoms with Crippen LogP contribution < -0.4 is 10.6 Å². The molecular formula is C14H15N3O3S. The number of hydrogen-bond donors (Lipinski definition) is 2. The molecule has 0 aliphatic heterocycles. The maximum Gasteiger partial charge on any atom is 0.269 e. The number of anilines is 1. The number of nitrogens with one attached hydrogen (secondary N) is 2. The number of nitro groups is 1. The highest BCUT2D eigenvalue weighted by Crippen LogP contribution is 2.14. The number of hydrogen-bond acceptors (Lipinski definition) is 5. The SMILES string of the molecule is O=C(Cc1cccs1)NCCNc1ccc([N+](=O)[O-])cc1. The highest BCUT2D eigenvalue weighted by Gasteiger charge is 2.04. The Morgan fingerprint density at radius 2 is 1.95 bits per heavy atom. The van der Waals surface area contributed by atoms with E-state index in [0.717, 1.165) is 10.6 Å². The molecule has 0 aliphatic rings. The molecule has 0 bridgehead atoms. The van der Waals surface area contributed by atoms with Gasteiger partial charge < -0.3 is 10.6 Å². The summed E-state index contributed by atoms with van der Waals surface area (Å²) in [6.45, 7) is 1.06. The molecule has 110 valence electrons. The number of thiophene rings is 1. The molecule has 0 atom stereocenters. The van der Waals surface area contributed by atoms with Gasteiger partial charge in [-0.25, -0.2) is 0 Å². The highest BCUT2D eigenvalue weighted by atomic mass is 32.1. The summed E-state index contributed by atoms with van der Waals surface area (Å²) in [4.78, 5) is 22.8. The van der Waals surface area contributed by atoms with E-state index in [-0.39, 0.29) is 11.6 Å². The Hall–Kier alpha value is -2.41. The number of carbonyl (C=O) groups excluding carboxylic acids is 1. The molecule has 2 aromatic rings. The number of non-ortho nitro benzene ring substituents is 1. The largest absolute Gasteiger partial charge is 0.383 e. The van der Waals surface area contributed by atoms with Gasteiger partial charge in [0.15, 0.2) is 0 Å². The Bertz CT molecular complexity index is 596. The van der Waals surface area contributed by atoms with Crippen LogP contribution in [0, 0.1) is 10.1 Å². The van der Waals surface area contributed by atoms with Crippen LogP contribution in [-0.2, 0) is 11.2 Å². The van der Waals surface area contributed by atoms with E-state index in [1.54, 1.807) is 23.5 Å². The van der Waals surface area contributed by atoms with Crippen molar-refractivity contribution >= 4 is 28.6 Å². The Morgan fingerprint density at radius 3 is 2.57 bits per heavy atom. The van der Waals surface area contributed by atoms with Gasteiger partial charge in [-0.05, 0) is 23.6 Å². The average molecular weight is 305 g/mol. The standard InChI is InChI=1S/C14H15N3O3S/c18-14(10-13-2-1-9-21-13)16-8-7-15-11-3-5-12(6-4-11)17(19)20/h1-6,9,15H,7-8,10H2,(H,16,18). The zero-order valence-electron chi connectivity index (χ0n) is 11.2. The third-order valence-electron chi connectivity index (χ3n) is 2.77. The van der Waals surface area contributed by atoms with Crippen LogP contribution in [0.15, 0.2) is 41.8 Å². The lowest BCUT2D eigenvalue weighted by atomic mass is 10.3. The second kappa shape index (κ2) is 7.39. The smallest absolute Gasteiger partial charge is 0.269 e. The molecule has 1 amide bonds. The van der Waals surface area contributed by atoms with E-state index in [2.05, 4.69) is 10.6 Å². The first-order valence-electron chi connectivity index (χ1n) is 6.42. The van der Waals surface area contributed by atoms with Crippen LogP contribution in [-0.4, -0.2) is 23.9 Å². The van der Waals surface area contributed by atoms with E-state index in [0.29, 0.717) is 19.5 Å². The summed E-state index contributed by atoms with van der Waals surface area (Å²) >= 11 is 1.56. The second-order valence-electron chi connectivity index (χ2n) is 4.34. The molecule has 21 heavy (non-hydrogen) atoms. The van der Waals surface area contributed by atoms with Crippen LogP contribution in [0.2, 0.25) is 0 Å². The average Bonchev–Trinajstić information content (AvgIpc) is 2.97. The molecule has 1 aromatic carbocycles. The molecule has 0 saturated carbocycles. The van der Waals surface area contributed by atoms with E-state index in [1.807, 2.05) is 17.5 Å². The van der Waals surface area contributed by atoms with E-state index < -0.39 is 4.92 Å². The summed E-state index contributed by atoms with van der Waals surface area (Å²) in [5, 5.41) is 18.4. The minimum atomic E-state index is -0.436. The van der Waals surface area contributed by atoms with Gasteiger partial charge in [0.2, 0.25) is 5.91 Å². The monoisotopic (exact) mass is 305 g/mol. The Labute approximate surface area is 126 Å². The quantitative estimate of drug-likeness (QED) is 0.467. The fourth-order valence-corrected chi connectivity index (χ4v) is 2.45. The molecule has 2 N–H and O–H groups in total. The molecule has 1 aromatic heterocycles. The molecule has 0 aliphatic carbocycles. The predicted octanol–water partition coefficient (Wildman–Crippen LogP) is 2.43. The van der Waals surface area contributed by atoms with E-state index in [1.165, 1.54) is 12.1 Å². The molecule has 0 unspecified atom stereocenters. The molecular weight excluding hydrogens is 290 g/mol. The first kappa shape index (κ1) is 15.0. The second-order valence-corrected chi connectivity index (χ2v) is 5.37. The van der Waals surface area contributed by atoms with Crippen LogP contribution in [0.1, 0.15) is 4.88 Å². The van der Waals surface area contributed by atoms with Crippen LogP contribution in [0.3, 0.4) is 0 Å². The van der Waals surface area contributed by atoms with Crippen molar-refractivity contribution in [3.63, 3.8) is 0 Å². The van der Waals surface area contributed by atoms with Gasteiger partial charge in [-0.1, -0.05) is 6.07 Å². The summed E-state index contributed by atoms with van der Waals surface area (Å²) in [5.74, 6) is -0.0112. The Morgan fingerprint density at radius 1 is 1.19 bits per heavy atom. The normalized spacial score (nSPS) is 10.1. The molecule has 0 fully saturated rings. The minimum absolute atomic E-state index is 0.0112. The zero-order chi connectivity index (χ0) is 15.1. The Kier molecular flexibility index (Phi) is 5.28. The van der Waals surface area contributed by atoms with Crippen molar-refractivity contribution in [2.75, 3.05) is 18.4 Å². The van der Waals surface area contributed by atoms with Crippen LogP contribution in [0.25, 0.3) is 0 Å². The van der Waals surface area contributed by atoms with E-state index >= 15 is 0 Å². The number of benzene rings is 1. The van der Waals surface area contributed by atoms with Gasteiger partial charge in [-0.15, -0.1) is 11.3 Å². The molecule has 0 radical (unpaired) electrons. The highest BCUT2D eigenvalue weighted by molar-refractivity contribution is 7.10. The van der Waals surface area contributed by atoms with Crippen LogP contribution in [0.5, 0.6) is 0 Å². The van der Waals surface area contributed by atoms with Gasteiger partial charge in [0.05, 0.1) is 11.3 Å². The number of nitrogens with zero attached hydrogens (tertiary/aromatic N) is 1. The van der Waals surface area contributed by atoms with Gasteiger partial charge in [0.1, 0.15) is 0 Å². The van der Waals surface area contributed by atoms with Gasteiger partial charge in [-0.2, -0.15) is 0 Å². The van der Waals surface area contributed by atoms with Crippen molar-refractivity contribution in [2.45, 2.75) is 6.42 Å². The van der Waals surface area contributed by atoms with Crippen LogP contribution >= 0.6 is 11.3 Å². The van der Waals surface area contributed by atoms with E-state index in [9.17, 15) is 14.9 Å². The summed E-state index contributed by atoms with van der Waals surface area (Å²) < 4.78 is 0. The number of rotatable bonds is 7. The fourth-order valence-electron chi connectivity index (χ4n) is 1.74. The van der Waals surface area contributed by atoms with Crippen molar-refractivity contribution in [1.29, 1.82) is 0 Å². The fraction of sp³-hybridized carbons (Fsp3) is 0.214. The molecule has 1 heterocycles. The Balaban J connectivity index is 1.67. The lowest BCUT2D eigenvalue weighted by molar-refractivity contribution is -0.384. The lowest BCUT2D eigenvalue weighted by Gasteiger charge is -2.07. The van der Waals surface area contributed by atoms with Gasteiger partial charge >= 0.3 is 0 Å². The molecule has 7 heteroatoms. The zero-order valence-corrected chi connectivity index (χ0v) is 12.1. The summed E-state index contributed by atoms with van der Waals surface area (Å²) in [7, 11) is 0. The first-order valence-corrected chi connectivity index (χ1v) is 7.30. The third kappa shape index (κ3) is 4.88. The van der Waals surface area contributed by atoms with Crippen LogP contribution in [0.4, 0.5) is 11.4 Å². The van der Waals surface area contributed by atoms with Crippen molar-refractivity contribution in [3.05, 3.63) is 56.8 Å². The number of carbonyl (C=O) groups is 1. The van der Waals surface area contributed by atoms with E-state index in [4.69, 9.17) is 0 Å². The summed E-state index contributed by atoms with van der Waals surface area (Å²) in [6.07, 6.45) is 0.398. The summed E-state index contributed by atoms with van der Waals surface area (Å²) in [5.41, 5.74) is 0.845. The van der Waals surface area contributed by atoms with Gasteiger partial charge in [0, 0.05) is 35.8 Å². The van der Waals surface area contributed by atoms with Crippen molar-refractivity contribution < 1.29 is 9.72 Å². The van der Waals surface area contributed by atoms with Crippen molar-refractivity contribution in [1.82, 2.24) is 5.32 Å². The predicted molar refractivity (Wildman–Crippen MR) is 82.6 cm³/mol. The van der Waals surface area contributed by atoms with Gasteiger partial charge in [0.25, 0.3) is 5.69 Å². The molecule has 0 saturated heterocycles. The minimum Gasteiger partial charge on any atom is -0.383 e. The lowest BCUT2D eigenvalue weighted by Crippen LogP contribution is -2.29. The number of amides is 1. The molecule has 6 nitrogen and oxygen atoms in total. The van der Waals surface area contributed by atoms with Gasteiger partial charge in [-0.3, -0.25) is 14.9 Å².